The lowest BCUT2D eigenvalue weighted by Gasteiger charge is -2.28. The van der Waals surface area contributed by atoms with Gasteiger partial charge in [-0.15, -0.1) is 0 Å². The third kappa shape index (κ3) is 4.13. The molecule has 0 amide bonds. The molecule has 4 nitrogen and oxygen atoms in total. The highest BCUT2D eigenvalue weighted by molar-refractivity contribution is 7.80. The first-order chi connectivity index (χ1) is 17.2. The normalized spacial score (nSPS) is 17.9. The number of alkyl halides is 3. The van der Waals surface area contributed by atoms with Gasteiger partial charge in [0.05, 0.1) is 29.0 Å². The molecule has 0 saturated carbocycles. The molecule has 0 unspecified atom stereocenters. The summed E-state index contributed by atoms with van der Waals surface area (Å²) in [5, 5.41) is 3.74. The molecule has 5 rings (SSSR count). The fraction of sp³-hybridized carbons (Fsp3) is 0.185. The smallest absolute Gasteiger partial charge is 0.351 e. The van der Waals surface area contributed by atoms with Crippen LogP contribution in [0.15, 0.2) is 79.0 Å². The van der Waals surface area contributed by atoms with Crippen molar-refractivity contribution in [3.05, 3.63) is 113 Å². The van der Waals surface area contributed by atoms with E-state index in [-0.39, 0.29) is 17.5 Å². The number of hydrogen-bond donors (Lipinski definition) is 1. The van der Waals surface area contributed by atoms with E-state index in [4.69, 9.17) is 12.2 Å². The molecule has 0 radical (unpaired) electrons. The second-order valence-electron chi connectivity index (χ2n) is 8.65. The molecule has 0 spiro atoms. The van der Waals surface area contributed by atoms with Crippen LogP contribution in [0, 0.1) is 19.7 Å². The molecule has 1 aliphatic rings. The number of nitrogens with zero attached hydrogens (tertiary/aromatic N) is 3. The molecule has 2 atom stereocenters. The van der Waals surface area contributed by atoms with Crippen LogP contribution < -0.4 is 10.2 Å². The number of para-hydroxylation sites is 1. The third-order valence-corrected chi connectivity index (χ3v) is 6.76. The zero-order valence-corrected chi connectivity index (χ0v) is 20.2. The van der Waals surface area contributed by atoms with Gasteiger partial charge in [0.2, 0.25) is 0 Å². The van der Waals surface area contributed by atoms with Crippen molar-refractivity contribution in [2.75, 3.05) is 4.90 Å². The number of aryl methyl sites for hydroxylation is 1. The van der Waals surface area contributed by atoms with Crippen molar-refractivity contribution in [2.24, 2.45) is 0 Å². The van der Waals surface area contributed by atoms with E-state index >= 15 is 0 Å². The minimum absolute atomic E-state index is 0.0579. The molecule has 1 N–H and O–H groups in total. The van der Waals surface area contributed by atoms with Gasteiger partial charge in [-0.25, -0.2) is 4.39 Å². The molecule has 9 heteroatoms. The molecule has 0 aliphatic carbocycles. The topological polar surface area (TPSA) is 33.1 Å². The van der Waals surface area contributed by atoms with Crippen LogP contribution in [0.3, 0.4) is 0 Å². The summed E-state index contributed by atoms with van der Waals surface area (Å²) >= 11 is 5.69. The number of pyridine rings is 1. The van der Waals surface area contributed by atoms with Crippen molar-refractivity contribution in [3.63, 3.8) is 0 Å². The maximum Gasteiger partial charge on any atom is 0.418 e. The highest BCUT2D eigenvalue weighted by Crippen LogP contribution is 2.44. The van der Waals surface area contributed by atoms with E-state index in [1.165, 1.54) is 24.3 Å². The van der Waals surface area contributed by atoms with Gasteiger partial charge in [0.25, 0.3) is 0 Å². The fourth-order valence-corrected chi connectivity index (χ4v) is 5.26. The quantitative estimate of drug-likeness (QED) is 0.241. The summed E-state index contributed by atoms with van der Waals surface area (Å²) in [6, 6.07) is 18.1. The van der Waals surface area contributed by atoms with Gasteiger partial charge >= 0.3 is 6.18 Å². The molecule has 2 aromatic heterocycles. The van der Waals surface area contributed by atoms with E-state index in [9.17, 15) is 17.6 Å². The second-order valence-corrected chi connectivity index (χ2v) is 9.04. The van der Waals surface area contributed by atoms with Crippen LogP contribution in [0.4, 0.5) is 23.2 Å². The Morgan fingerprint density at radius 3 is 2.31 bits per heavy atom. The summed E-state index contributed by atoms with van der Waals surface area (Å²) in [6.45, 7) is 3.58. The van der Waals surface area contributed by atoms with Crippen LogP contribution in [-0.2, 0) is 6.18 Å². The summed E-state index contributed by atoms with van der Waals surface area (Å²) < 4.78 is 56.9. The van der Waals surface area contributed by atoms with Crippen molar-refractivity contribution in [1.82, 2.24) is 14.9 Å². The predicted octanol–water partition coefficient (Wildman–Crippen LogP) is 6.82. The average Bonchev–Trinajstić information content (AvgIpc) is 3.34. The Morgan fingerprint density at radius 1 is 0.944 bits per heavy atom. The Hall–Kier alpha value is -3.72. The minimum atomic E-state index is -4.51. The Balaban J connectivity index is 1.70. The summed E-state index contributed by atoms with van der Waals surface area (Å²) in [6.07, 6.45) is -2.83. The lowest BCUT2D eigenvalue weighted by Crippen LogP contribution is -2.29. The lowest BCUT2D eigenvalue weighted by atomic mass is 9.96. The van der Waals surface area contributed by atoms with Crippen LogP contribution in [0.5, 0.6) is 0 Å². The van der Waals surface area contributed by atoms with Crippen molar-refractivity contribution in [3.8, 4) is 5.69 Å². The molecular formula is C27H22F4N4S. The molecule has 1 saturated heterocycles. The number of thiocarbonyl (C=S) groups is 1. The van der Waals surface area contributed by atoms with Crippen molar-refractivity contribution in [2.45, 2.75) is 32.1 Å². The first kappa shape index (κ1) is 24.0. The number of rotatable bonds is 4. The fourth-order valence-electron chi connectivity index (χ4n) is 4.92. The van der Waals surface area contributed by atoms with Gasteiger partial charge in [-0.2, -0.15) is 13.2 Å². The van der Waals surface area contributed by atoms with Gasteiger partial charge in [-0.3, -0.25) is 4.98 Å². The predicted molar refractivity (Wildman–Crippen MR) is 135 cm³/mol. The zero-order chi connectivity index (χ0) is 25.6. The largest absolute Gasteiger partial charge is 0.418 e. The van der Waals surface area contributed by atoms with Gasteiger partial charge in [0.1, 0.15) is 5.82 Å². The van der Waals surface area contributed by atoms with E-state index in [1.807, 2.05) is 29.2 Å². The summed E-state index contributed by atoms with van der Waals surface area (Å²) in [5.41, 5.74) is 2.83. The summed E-state index contributed by atoms with van der Waals surface area (Å²) in [4.78, 5) is 6.38. The molecule has 1 aliphatic heterocycles. The monoisotopic (exact) mass is 510 g/mol. The molecule has 2 aromatic carbocycles. The number of nitrogens with one attached hydrogen (secondary N) is 1. The van der Waals surface area contributed by atoms with Crippen molar-refractivity contribution < 1.29 is 17.6 Å². The SMILES string of the molecule is Cc1cc([C@@H]2[C@@H](c3ccccn3)NC(=S)N2c2ccc(F)cc2)c(C)n1-c1ccccc1C(F)(F)F. The second kappa shape index (κ2) is 9.05. The van der Waals surface area contributed by atoms with Crippen LogP contribution in [0.2, 0.25) is 0 Å². The number of hydrogen-bond acceptors (Lipinski definition) is 2. The maximum atomic E-state index is 13.9. The van der Waals surface area contributed by atoms with Gasteiger partial charge < -0.3 is 14.8 Å². The van der Waals surface area contributed by atoms with Crippen LogP contribution in [0.1, 0.15) is 40.3 Å². The Bertz CT molecular complexity index is 1410. The Labute approximate surface area is 211 Å². The molecule has 184 valence electrons. The number of aromatic nitrogens is 2. The molecule has 36 heavy (non-hydrogen) atoms. The Kier molecular flexibility index (Phi) is 6.04. The number of halogens is 4. The van der Waals surface area contributed by atoms with Crippen LogP contribution in [0.25, 0.3) is 5.69 Å². The molecule has 4 aromatic rings. The third-order valence-electron chi connectivity index (χ3n) is 6.44. The van der Waals surface area contributed by atoms with Crippen LogP contribution >= 0.6 is 12.2 Å². The number of benzene rings is 2. The van der Waals surface area contributed by atoms with E-state index in [0.717, 1.165) is 17.3 Å². The van der Waals surface area contributed by atoms with E-state index < -0.39 is 17.8 Å². The molecule has 3 heterocycles. The van der Waals surface area contributed by atoms with Gasteiger partial charge in [-0.1, -0.05) is 18.2 Å². The standard InChI is InChI=1S/C27H22F4N4S/c1-16-15-20(17(2)34(16)23-9-4-3-7-21(23)27(29,30)31)25-24(22-8-5-6-14-32-22)33-26(36)35(25)19-12-10-18(28)11-13-19/h3-15,24-25H,1-2H3,(H,33,36)/t24-,25-/m1/s1. The highest BCUT2D eigenvalue weighted by Gasteiger charge is 2.43. The number of anilines is 1. The Morgan fingerprint density at radius 2 is 1.64 bits per heavy atom. The average molecular weight is 511 g/mol. The summed E-state index contributed by atoms with van der Waals surface area (Å²) in [7, 11) is 0. The zero-order valence-electron chi connectivity index (χ0n) is 19.4. The molecular weight excluding hydrogens is 488 g/mol. The van der Waals surface area contributed by atoms with Crippen molar-refractivity contribution in [1.29, 1.82) is 0 Å². The molecule has 0 bridgehead atoms. The van der Waals surface area contributed by atoms with Gasteiger partial charge in [-0.05, 0) is 86.2 Å². The first-order valence-electron chi connectivity index (χ1n) is 11.3. The van der Waals surface area contributed by atoms with E-state index in [0.29, 0.717) is 22.2 Å². The van der Waals surface area contributed by atoms with E-state index in [1.54, 1.807) is 42.8 Å². The molecule has 1 fully saturated rings. The van der Waals surface area contributed by atoms with Crippen LogP contribution in [-0.4, -0.2) is 14.7 Å². The lowest BCUT2D eigenvalue weighted by molar-refractivity contribution is -0.137. The highest BCUT2D eigenvalue weighted by atomic mass is 32.1. The van der Waals surface area contributed by atoms with E-state index in [2.05, 4.69) is 10.3 Å². The van der Waals surface area contributed by atoms with Crippen molar-refractivity contribution >= 4 is 23.0 Å². The minimum Gasteiger partial charge on any atom is -0.351 e. The van der Waals surface area contributed by atoms with Gasteiger partial charge in [0.15, 0.2) is 5.11 Å². The first-order valence-corrected chi connectivity index (χ1v) is 11.7. The summed E-state index contributed by atoms with van der Waals surface area (Å²) in [5.74, 6) is -0.378. The maximum absolute atomic E-state index is 13.9. The van der Waals surface area contributed by atoms with Gasteiger partial charge in [0, 0.05) is 23.3 Å².